The summed E-state index contributed by atoms with van der Waals surface area (Å²) in [5, 5.41) is 0.778. The third-order valence-electron chi connectivity index (χ3n) is 5.13. The molecule has 1 amide bonds. The number of aryl methyl sites for hydroxylation is 1. The number of carbonyl (C=O) groups excluding carboxylic acids is 2. The maximum absolute atomic E-state index is 12.7. The van der Waals surface area contributed by atoms with Gasteiger partial charge in [0.05, 0.1) is 7.11 Å². The molecule has 0 unspecified atom stereocenters. The van der Waals surface area contributed by atoms with Crippen molar-refractivity contribution < 1.29 is 23.5 Å². The number of methoxy groups -OCH3 is 1. The molecule has 0 bridgehead atoms. The second-order valence-corrected chi connectivity index (χ2v) is 6.94. The van der Waals surface area contributed by atoms with E-state index in [0.717, 1.165) is 23.1 Å². The molecule has 2 heterocycles. The van der Waals surface area contributed by atoms with E-state index >= 15 is 0 Å². The number of anilines is 1. The van der Waals surface area contributed by atoms with Crippen LogP contribution in [0.5, 0.6) is 5.75 Å². The quantitative estimate of drug-likeness (QED) is 0.644. The number of carbonyl (C=O) groups is 2. The first-order valence-electron chi connectivity index (χ1n) is 9.14. The van der Waals surface area contributed by atoms with Crippen LogP contribution in [0.4, 0.5) is 5.69 Å². The number of ether oxygens (including phenoxy) is 2. The molecule has 1 atom stereocenters. The highest BCUT2D eigenvalue weighted by Crippen LogP contribution is 2.32. The lowest BCUT2D eigenvalue weighted by molar-refractivity contribution is -0.122. The van der Waals surface area contributed by atoms with Crippen molar-refractivity contribution in [2.45, 2.75) is 26.3 Å². The van der Waals surface area contributed by atoms with Gasteiger partial charge >= 0.3 is 5.97 Å². The Hall–Kier alpha value is -3.28. The predicted octanol–water partition coefficient (Wildman–Crippen LogP) is 3.88. The van der Waals surface area contributed by atoms with Crippen LogP contribution < -0.4 is 9.64 Å². The molecule has 0 radical (unpaired) electrons. The van der Waals surface area contributed by atoms with Gasteiger partial charge in [-0.2, -0.15) is 0 Å². The molecule has 4 rings (SSSR count). The summed E-state index contributed by atoms with van der Waals surface area (Å²) in [7, 11) is 1.58. The molecule has 6 nitrogen and oxygen atoms in total. The van der Waals surface area contributed by atoms with E-state index < -0.39 is 5.97 Å². The Morgan fingerprint density at radius 2 is 2.00 bits per heavy atom. The summed E-state index contributed by atoms with van der Waals surface area (Å²) in [6, 6.07) is 13.1. The van der Waals surface area contributed by atoms with E-state index in [1.807, 2.05) is 31.2 Å². The van der Waals surface area contributed by atoms with Gasteiger partial charge in [0.1, 0.15) is 11.3 Å². The minimum absolute atomic E-state index is 0.0315. The number of hydrogen-bond acceptors (Lipinski definition) is 5. The zero-order valence-electron chi connectivity index (χ0n) is 16.0. The normalized spacial score (nSPS) is 15.5. The first-order chi connectivity index (χ1) is 13.5. The molecule has 1 aliphatic heterocycles. The van der Waals surface area contributed by atoms with E-state index in [4.69, 9.17) is 13.9 Å². The predicted molar refractivity (Wildman–Crippen MR) is 105 cm³/mol. The number of hydrogen-bond donors (Lipinski definition) is 0. The average molecular weight is 379 g/mol. The number of esters is 1. The zero-order chi connectivity index (χ0) is 19.8. The van der Waals surface area contributed by atoms with Gasteiger partial charge in [0.15, 0.2) is 6.61 Å². The Morgan fingerprint density at radius 1 is 1.21 bits per heavy atom. The number of fused-ring (bicyclic) bond motifs is 2. The smallest absolute Gasteiger partial charge is 0.375 e. The molecule has 0 saturated heterocycles. The van der Waals surface area contributed by atoms with Crippen molar-refractivity contribution >= 4 is 28.5 Å². The van der Waals surface area contributed by atoms with E-state index in [-0.39, 0.29) is 24.3 Å². The maximum atomic E-state index is 12.7. The number of benzene rings is 2. The van der Waals surface area contributed by atoms with Gasteiger partial charge in [-0.3, -0.25) is 4.79 Å². The van der Waals surface area contributed by atoms with Crippen molar-refractivity contribution in [1.82, 2.24) is 0 Å². The van der Waals surface area contributed by atoms with E-state index in [2.05, 4.69) is 0 Å². The van der Waals surface area contributed by atoms with Gasteiger partial charge in [0.2, 0.25) is 5.76 Å². The van der Waals surface area contributed by atoms with Crippen LogP contribution in [0, 0.1) is 6.92 Å². The van der Waals surface area contributed by atoms with E-state index in [1.165, 1.54) is 0 Å². The lowest BCUT2D eigenvalue weighted by Gasteiger charge is -2.22. The molecule has 1 aromatic heterocycles. The van der Waals surface area contributed by atoms with Crippen LogP contribution in [0.15, 0.2) is 46.9 Å². The maximum Gasteiger partial charge on any atom is 0.375 e. The Balaban J connectivity index is 1.50. The van der Waals surface area contributed by atoms with Crippen LogP contribution in [0.2, 0.25) is 0 Å². The lowest BCUT2D eigenvalue weighted by atomic mass is 10.1. The highest BCUT2D eigenvalue weighted by atomic mass is 16.5. The van der Waals surface area contributed by atoms with Crippen LogP contribution in [0.25, 0.3) is 11.0 Å². The summed E-state index contributed by atoms with van der Waals surface area (Å²) in [6.45, 7) is 3.43. The molecule has 6 heteroatoms. The summed E-state index contributed by atoms with van der Waals surface area (Å²) in [5.41, 5.74) is 3.23. The van der Waals surface area contributed by atoms with Crippen molar-refractivity contribution in [2.75, 3.05) is 18.6 Å². The van der Waals surface area contributed by atoms with Gasteiger partial charge in [0, 0.05) is 22.7 Å². The first kappa shape index (κ1) is 18.1. The SMILES string of the molecule is COc1ccc2oc(C(=O)OCC(=O)N3c4ccccc4C[C@@H]3C)c(C)c2c1. The molecule has 0 spiro atoms. The van der Waals surface area contributed by atoms with Crippen LogP contribution in [0.1, 0.15) is 28.6 Å². The minimum Gasteiger partial charge on any atom is -0.497 e. The summed E-state index contributed by atoms with van der Waals surface area (Å²) in [6.07, 6.45) is 0.792. The largest absolute Gasteiger partial charge is 0.497 e. The van der Waals surface area contributed by atoms with Gasteiger partial charge in [-0.25, -0.2) is 4.79 Å². The number of rotatable bonds is 4. The van der Waals surface area contributed by atoms with Crippen molar-refractivity contribution in [1.29, 1.82) is 0 Å². The highest BCUT2D eigenvalue weighted by Gasteiger charge is 2.31. The molecule has 3 aromatic rings. The summed E-state index contributed by atoms with van der Waals surface area (Å²) < 4.78 is 16.1. The third-order valence-corrected chi connectivity index (χ3v) is 5.13. The minimum atomic E-state index is -0.652. The fourth-order valence-corrected chi connectivity index (χ4v) is 3.73. The molecule has 0 N–H and O–H groups in total. The number of furan rings is 1. The van der Waals surface area contributed by atoms with Crippen molar-refractivity contribution in [3.63, 3.8) is 0 Å². The van der Waals surface area contributed by atoms with Crippen LogP contribution in [0.3, 0.4) is 0 Å². The van der Waals surface area contributed by atoms with E-state index in [9.17, 15) is 9.59 Å². The van der Waals surface area contributed by atoms with Gasteiger partial charge < -0.3 is 18.8 Å². The number of amides is 1. The molecule has 1 aliphatic rings. The van der Waals surface area contributed by atoms with Crippen molar-refractivity contribution in [2.24, 2.45) is 0 Å². The zero-order valence-corrected chi connectivity index (χ0v) is 16.0. The molecule has 28 heavy (non-hydrogen) atoms. The highest BCUT2D eigenvalue weighted by molar-refractivity contribution is 6.00. The number of para-hydroxylation sites is 1. The van der Waals surface area contributed by atoms with Crippen molar-refractivity contribution in [3.8, 4) is 5.75 Å². The fourth-order valence-electron chi connectivity index (χ4n) is 3.73. The summed E-state index contributed by atoms with van der Waals surface area (Å²) in [5.74, 6) is -0.124. The van der Waals surface area contributed by atoms with Gasteiger partial charge in [-0.1, -0.05) is 18.2 Å². The standard InChI is InChI=1S/C22H21NO5/c1-13-10-15-6-4-5-7-18(15)23(13)20(24)12-27-22(25)21-14(2)17-11-16(26-3)8-9-19(17)28-21/h4-9,11,13H,10,12H2,1-3H3/t13-/m0/s1. The van der Waals surface area contributed by atoms with Crippen LogP contribution >= 0.6 is 0 Å². The Morgan fingerprint density at radius 3 is 2.79 bits per heavy atom. The summed E-state index contributed by atoms with van der Waals surface area (Å²) in [4.78, 5) is 26.9. The Kier molecular flexibility index (Phi) is 4.55. The van der Waals surface area contributed by atoms with Gasteiger partial charge in [0.25, 0.3) is 5.91 Å². The lowest BCUT2D eigenvalue weighted by Crippen LogP contribution is -2.38. The van der Waals surface area contributed by atoms with E-state index in [1.54, 1.807) is 37.1 Å². The molecule has 0 fully saturated rings. The summed E-state index contributed by atoms with van der Waals surface area (Å²) >= 11 is 0. The van der Waals surface area contributed by atoms with Crippen molar-refractivity contribution in [3.05, 3.63) is 59.4 Å². The molecule has 0 saturated carbocycles. The molecule has 0 aliphatic carbocycles. The molecular weight excluding hydrogens is 358 g/mol. The monoisotopic (exact) mass is 379 g/mol. The second-order valence-electron chi connectivity index (χ2n) is 6.94. The molecule has 144 valence electrons. The van der Waals surface area contributed by atoms with Crippen LogP contribution in [-0.2, 0) is 16.0 Å². The van der Waals surface area contributed by atoms with Gasteiger partial charge in [-0.15, -0.1) is 0 Å². The molecular formula is C22H21NO5. The number of nitrogens with zero attached hydrogens (tertiary/aromatic N) is 1. The van der Waals surface area contributed by atoms with Gasteiger partial charge in [-0.05, 0) is 50.1 Å². The third kappa shape index (κ3) is 3.01. The van der Waals surface area contributed by atoms with E-state index in [0.29, 0.717) is 16.9 Å². The Labute approximate surface area is 162 Å². The Bertz CT molecular complexity index is 1070. The topological polar surface area (TPSA) is 69.0 Å². The fraction of sp³-hybridized carbons (Fsp3) is 0.273. The second kappa shape index (κ2) is 7.03. The van der Waals surface area contributed by atoms with Crippen LogP contribution in [-0.4, -0.2) is 31.6 Å². The first-order valence-corrected chi connectivity index (χ1v) is 9.14. The molecule has 2 aromatic carbocycles. The average Bonchev–Trinajstić information content (AvgIpc) is 3.21.